The minimum Gasteiger partial charge on any atom is -0.0987 e. The summed E-state index contributed by atoms with van der Waals surface area (Å²) in [7, 11) is -0.901. The van der Waals surface area contributed by atoms with Gasteiger partial charge in [0.2, 0.25) is 0 Å². The standard InChI is InChI=1S/C8H18Si/c1-8(2)6-7-9(3,4)5/h6-8H,1-5H3/b7-6-. The lowest BCUT2D eigenvalue weighted by Gasteiger charge is -2.08. The van der Waals surface area contributed by atoms with Crippen molar-refractivity contribution < 1.29 is 0 Å². The fourth-order valence-corrected chi connectivity index (χ4v) is 1.44. The van der Waals surface area contributed by atoms with Gasteiger partial charge in [0.25, 0.3) is 0 Å². The summed E-state index contributed by atoms with van der Waals surface area (Å²) in [5.74, 6) is 0.719. The molecular weight excluding hydrogens is 124 g/mol. The molecule has 0 atom stereocenters. The number of rotatable bonds is 2. The molecule has 0 nitrogen and oxygen atoms in total. The van der Waals surface area contributed by atoms with Gasteiger partial charge in [-0.3, -0.25) is 0 Å². The largest absolute Gasteiger partial charge is 0.0987 e. The Morgan fingerprint density at radius 1 is 1.11 bits per heavy atom. The van der Waals surface area contributed by atoms with Gasteiger partial charge in [-0.15, -0.1) is 0 Å². The minimum absolute atomic E-state index is 0.719. The van der Waals surface area contributed by atoms with E-state index in [2.05, 4.69) is 45.3 Å². The molecule has 9 heavy (non-hydrogen) atoms. The van der Waals surface area contributed by atoms with Crippen molar-refractivity contribution in [3.8, 4) is 0 Å². The molecule has 0 aromatic carbocycles. The third kappa shape index (κ3) is 7.96. The van der Waals surface area contributed by atoms with Gasteiger partial charge in [-0.2, -0.15) is 0 Å². The SMILES string of the molecule is CC(C)/C=C\[Si](C)(C)C. The maximum absolute atomic E-state index is 2.40. The summed E-state index contributed by atoms with van der Waals surface area (Å²) < 4.78 is 0. The second kappa shape index (κ2) is 3.21. The molecule has 0 aliphatic heterocycles. The maximum Gasteiger partial charge on any atom is 0.0682 e. The van der Waals surface area contributed by atoms with E-state index in [1.54, 1.807) is 0 Å². The minimum atomic E-state index is -0.901. The molecule has 0 saturated carbocycles. The molecule has 0 unspecified atom stereocenters. The molecule has 0 fully saturated rings. The van der Waals surface area contributed by atoms with Crippen molar-refractivity contribution in [3.05, 3.63) is 11.8 Å². The van der Waals surface area contributed by atoms with Crippen LogP contribution in [0.2, 0.25) is 19.6 Å². The fourth-order valence-electron chi connectivity index (χ4n) is 0.481. The smallest absolute Gasteiger partial charge is 0.0682 e. The van der Waals surface area contributed by atoms with Crippen molar-refractivity contribution in [2.45, 2.75) is 33.5 Å². The quantitative estimate of drug-likeness (QED) is 0.520. The summed E-state index contributed by atoms with van der Waals surface area (Å²) >= 11 is 0. The van der Waals surface area contributed by atoms with Crippen LogP contribution < -0.4 is 0 Å². The van der Waals surface area contributed by atoms with Gasteiger partial charge in [0.15, 0.2) is 0 Å². The Morgan fingerprint density at radius 3 is 1.67 bits per heavy atom. The van der Waals surface area contributed by atoms with Crippen LogP contribution in [0.25, 0.3) is 0 Å². The topological polar surface area (TPSA) is 0 Å². The van der Waals surface area contributed by atoms with E-state index in [4.69, 9.17) is 0 Å². The van der Waals surface area contributed by atoms with Crippen LogP contribution in [0, 0.1) is 5.92 Å². The lowest BCUT2D eigenvalue weighted by atomic mass is 10.2. The molecule has 0 aromatic heterocycles. The molecule has 0 rings (SSSR count). The summed E-state index contributed by atoms with van der Waals surface area (Å²) in [6.45, 7) is 11.5. The van der Waals surface area contributed by atoms with Crippen molar-refractivity contribution >= 4 is 8.07 Å². The van der Waals surface area contributed by atoms with Crippen LogP contribution in [0.15, 0.2) is 11.8 Å². The van der Waals surface area contributed by atoms with E-state index in [9.17, 15) is 0 Å². The van der Waals surface area contributed by atoms with Gasteiger partial charge in [-0.05, 0) is 5.92 Å². The van der Waals surface area contributed by atoms with Gasteiger partial charge >= 0.3 is 0 Å². The third-order valence-corrected chi connectivity index (χ3v) is 2.17. The van der Waals surface area contributed by atoms with Crippen LogP contribution in [0.5, 0.6) is 0 Å². The molecule has 0 spiro atoms. The van der Waals surface area contributed by atoms with Crippen LogP contribution >= 0.6 is 0 Å². The first-order valence-corrected chi connectivity index (χ1v) is 7.19. The van der Waals surface area contributed by atoms with E-state index in [0.29, 0.717) is 0 Å². The van der Waals surface area contributed by atoms with Crippen molar-refractivity contribution in [2.75, 3.05) is 0 Å². The van der Waals surface area contributed by atoms with Crippen LogP contribution in [0.4, 0.5) is 0 Å². The van der Waals surface area contributed by atoms with E-state index in [1.165, 1.54) is 0 Å². The van der Waals surface area contributed by atoms with E-state index < -0.39 is 8.07 Å². The number of hydrogen-bond donors (Lipinski definition) is 0. The van der Waals surface area contributed by atoms with Crippen LogP contribution in [0.1, 0.15) is 13.8 Å². The number of hydrogen-bond acceptors (Lipinski definition) is 0. The Kier molecular flexibility index (Phi) is 3.19. The Labute approximate surface area is 60.0 Å². The summed E-state index contributed by atoms with van der Waals surface area (Å²) in [4.78, 5) is 0. The molecule has 0 aliphatic rings. The monoisotopic (exact) mass is 142 g/mol. The highest BCUT2D eigenvalue weighted by Crippen LogP contribution is 2.04. The van der Waals surface area contributed by atoms with Gasteiger partial charge < -0.3 is 0 Å². The lowest BCUT2D eigenvalue weighted by Crippen LogP contribution is -2.15. The van der Waals surface area contributed by atoms with E-state index in [1.807, 2.05) is 0 Å². The average Bonchev–Trinajstić information content (AvgIpc) is 1.59. The Morgan fingerprint density at radius 2 is 1.56 bits per heavy atom. The van der Waals surface area contributed by atoms with Crippen LogP contribution in [-0.2, 0) is 0 Å². The number of allylic oxidation sites excluding steroid dienone is 1. The molecule has 54 valence electrons. The summed E-state index contributed by atoms with van der Waals surface area (Å²) in [6.07, 6.45) is 2.31. The third-order valence-electron chi connectivity index (χ3n) is 0.981. The Hall–Kier alpha value is -0.0431. The van der Waals surface area contributed by atoms with Crippen molar-refractivity contribution in [3.63, 3.8) is 0 Å². The molecule has 0 aromatic rings. The zero-order valence-electron chi connectivity index (χ0n) is 7.23. The molecule has 0 N–H and O–H groups in total. The molecule has 0 aliphatic carbocycles. The summed E-state index contributed by atoms with van der Waals surface area (Å²) in [5.41, 5.74) is 2.40. The molecule has 0 bridgehead atoms. The highest BCUT2D eigenvalue weighted by atomic mass is 28.3. The van der Waals surface area contributed by atoms with Gasteiger partial charge in [-0.1, -0.05) is 45.3 Å². The van der Waals surface area contributed by atoms with Gasteiger partial charge in [0.05, 0.1) is 8.07 Å². The first-order chi connectivity index (χ1) is 3.92. The molecule has 0 amide bonds. The zero-order valence-corrected chi connectivity index (χ0v) is 8.23. The highest BCUT2D eigenvalue weighted by molar-refractivity contribution is 6.80. The predicted octanol–water partition coefficient (Wildman–Crippen LogP) is 3.08. The predicted molar refractivity (Wildman–Crippen MR) is 47.3 cm³/mol. The van der Waals surface area contributed by atoms with Gasteiger partial charge in [0, 0.05) is 0 Å². The van der Waals surface area contributed by atoms with Gasteiger partial charge in [0.1, 0.15) is 0 Å². The van der Waals surface area contributed by atoms with E-state index in [0.717, 1.165) is 5.92 Å². The molecule has 0 radical (unpaired) electrons. The average molecular weight is 142 g/mol. The summed E-state index contributed by atoms with van der Waals surface area (Å²) in [5, 5.41) is 0. The Balaban J connectivity index is 3.71. The van der Waals surface area contributed by atoms with E-state index >= 15 is 0 Å². The van der Waals surface area contributed by atoms with Crippen LogP contribution in [0.3, 0.4) is 0 Å². The first-order valence-electron chi connectivity index (χ1n) is 3.61. The Bertz CT molecular complexity index is 95.6. The normalized spacial score (nSPS) is 13.6. The second-order valence-electron chi connectivity index (χ2n) is 3.97. The second-order valence-corrected chi connectivity index (χ2v) is 9.03. The summed E-state index contributed by atoms with van der Waals surface area (Å²) in [6, 6.07) is 0. The van der Waals surface area contributed by atoms with Crippen LogP contribution in [-0.4, -0.2) is 8.07 Å². The van der Waals surface area contributed by atoms with Gasteiger partial charge in [-0.25, -0.2) is 0 Å². The van der Waals surface area contributed by atoms with E-state index in [-0.39, 0.29) is 0 Å². The molecular formula is C8H18Si. The maximum atomic E-state index is 2.40. The fraction of sp³-hybridized carbons (Fsp3) is 0.750. The lowest BCUT2D eigenvalue weighted by molar-refractivity contribution is 0.833. The first kappa shape index (κ1) is 8.96. The molecule has 0 heterocycles. The van der Waals surface area contributed by atoms with Crippen molar-refractivity contribution in [1.29, 1.82) is 0 Å². The molecule has 1 heteroatoms. The zero-order chi connectivity index (χ0) is 7.49. The molecule has 0 saturated heterocycles. The highest BCUT2D eigenvalue weighted by Gasteiger charge is 2.06. The van der Waals surface area contributed by atoms with Crippen molar-refractivity contribution in [1.82, 2.24) is 0 Å². The van der Waals surface area contributed by atoms with Crippen molar-refractivity contribution in [2.24, 2.45) is 5.92 Å².